The van der Waals surface area contributed by atoms with Gasteiger partial charge in [-0.25, -0.2) is 4.79 Å². The van der Waals surface area contributed by atoms with Crippen molar-refractivity contribution >= 4 is 5.97 Å². The average Bonchev–Trinajstić information content (AvgIpc) is 2.57. The first-order chi connectivity index (χ1) is 11.1. The number of rotatable bonds is 3. The van der Waals surface area contributed by atoms with Crippen LogP contribution in [0, 0.1) is 0 Å². The van der Waals surface area contributed by atoms with E-state index < -0.39 is 0 Å². The Morgan fingerprint density at radius 3 is 1.91 bits per heavy atom. The van der Waals surface area contributed by atoms with Gasteiger partial charge >= 0.3 is 5.97 Å². The second-order valence-electron chi connectivity index (χ2n) is 6.02. The summed E-state index contributed by atoms with van der Waals surface area (Å²) in [6.07, 6.45) is 3.58. The minimum absolute atomic E-state index is 0.0512. The monoisotopic (exact) mass is 312 g/mol. The maximum absolute atomic E-state index is 12.1. The lowest BCUT2D eigenvalue weighted by molar-refractivity contribution is 0.0195. The standard InChI is InChI=1S/C19H20O4/c20-16-7-1-13(2-8-16)14-5-11-18(12-6-14)23-19(22)15-3-9-17(21)10-4-15/h1-4,7-10,14,18,20-21H,5-6,11-12H2. The molecule has 0 amide bonds. The van der Waals surface area contributed by atoms with Crippen LogP contribution in [0.3, 0.4) is 0 Å². The molecule has 0 atom stereocenters. The zero-order chi connectivity index (χ0) is 16.2. The van der Waals surface area contributed by atoms with Crippen LogP contribution in [0.25, 0.3) is 0 Å². The number of esters is 1. The minimum Gasteiger partial charge on any atom is -0.508 e. The smallest absolute Gasteiger partial charge is 0.338 e. The Labute approximate surface area is 135 Å². The minimum atomic E-state index is -0.335. The van der Waals surface area contributed by atoms with Gasteiger partial charge in [-0.2, -0.15) is 0 Å². The fourth-order valence-electron chi connectivity index (χ4n) is 3.08. The van der Waals surface area contributed by atoms with Crippen LogP contribution in [0.1, 0.15) is 47.5 Å². The molecule has 1 fully saturated rings. The molecule has 2 N–H and O–H groups in total. The third-order valence-corrected chi connectivity index (χ3v) is 4.42. The topological polar surface area (TPSA) is 66.8 Å². The van der Waals surface area contributed by atoms with Crippen LogP contribution in [0.4, 0.5) is 0 Å². The normalized spacial score (nSPS) is 20.9. The molecule has 2 aromatic carbocycles. The molecule has 0 saturated heterocycles. The van der Waals surface area contributed by atoms with Gasteiger partial charge in [0.25, 0.3) is 0 Å². The number of carbonyl (C=O) groups excluding carboxylic acids is 1. The van der Waals surface area contributed by atoms with E-state index in [2.05, 4.69) is 0 Å². The molecule has 4 nitrogen and oxygen atoms in total. The second-order valence-corrected chi connectivity index (χ2v) is 6.02. The summed E-state index contributed by atoms with van der Waals surface area (Å²) in [6, 6.07) is 13.5. The summed E-state index contributed by atoms with van der Waals surface area (Å²) in [4.78, 5) is 12.1. The molecule has 0 radical (unpaired) electrons. The Morgan fingerprint density at radius 1 is 0.826 bits per heavy atom. The fourth-order valence-corrected chi connectivity index (χ4v) is 3.08. The highest BCUT2D eigenvalue weighted by Crippen LogP contribution is 2.34. The molecule has 0 aliphatic heterocycles. The van der Waals surface area contributed by atoms with E-state index in [0.29, 0.717) is 11.5 Å². The summed E-state index contributed by atoms with van der Waals surface area (Å²) in [5.41, 5.74) is 1.69. The van der Waals surface area contributed by atoms with E-state index in [-0.39, 0.29) is 23.6 Å². The summed E-state index contributed by atoms with van der Waals surface area (Å²) in [6.45, 7) is 0. The molecule has 0 spiro atoms. The third kappa shape index (κ3) is 3.83. The molecule has 0 bridgehead atoms. The van der Waals surface area contributed by atoms with Crippen molar-refractivity contribution in [2.24, 2.45) is 0 Å². The van der Waals surface area contributed by atoms with Crippen molar-refractivity contribution in [3.05, 3.63) is 59.7 Å². The predicted molar refractivity (Wildman–Crippen MR) is 86.6 cm³/mol. The molecular weight excluding hydrogens is 292 g/mol. The zero-order valence-electron chi connectivity index (χ0n) is 12.8. The summed E-state index contributed by atoms with van der Waals surface area (Å²) in [5, 5.41) is 18.6. The SMILES string of the molecule is O=C(OC1CCC(c2ccc(O)cc2)CC1)c1ccc(O)cc1. The van der Waals surface area contributed by atoms with Crippen LogP contribution < -0.4 is 0 Å². The predicted octanol–water partition coefficient (Wildman–Crippen LogP) is 3.98. The molecule has 23 heavy (non-hydrogen) atoms. The molecule has 1 aliphatic carbocycles. The highest BCUT2D eigenvalue weighted by Gasteiger charge is 2.25. The molecule has 0 unspecified atom stereocenters. The summed E-state index contributed by atoms with van der Waals surface area (Å²) in [7, 11) is 0. The molecule has 0 heterocycles. The van der Waals surface area contributed by atoms with Gasteiger partial charge < -0.3 is 14.9 Å². The number of phenolic OH excluding ortho intramolecular Hbond substituents is 2. The van der Waals surface area contributed by atoms with E-state index in [1.165, 1.54) is 17.7 Å². The Hall–Kier alpha value is -2.49. The molecule has 0 aromatic heterocycles. The number of aromatic hydroxyl groups is 2. The van der Waals surface area contributed by atoms with Gasteiger partial charge in [-0.05, 0) is 73.6 Å². The van der Waals surface area contributed by atoms with Crippen molar-refractivity contribution in [2.75, 3.05) is 0 Å². The van der Waals surface area contributed by atoms with Gasteiger partial charge in [0.1, 0.15) is 17.6 Å². The van der Waals surface area contributed by atoms with Crippen LogP contribution in [-0.2, 0) is 4.74 Å². The lowest BCUT2D eigenvalue weighted by Gasteiger charge is -2.28. The summed E-state index contributed by atoms with van der Waals surface area (Å²) < 4.78 is 5.56. The van der Waals surface area contributed by atoms with Gasteiger partial charge in [-0.1, -0.05) is 12.1 Å². The van der Waals surface area contributed by atoms with Gasteiger partial charge in [0.2, 0.25) is 0 Å². The van der Waals surface area contributed by atoms with E-state index in [9.17, 15) is 15.0 Å². The van der Waals surface area contributed by atoms with Crippen molar-refractivity contribution in [1.82, 2.24) is 0 Å². The first-order valence-electron chi connectivity index (χ1n) is 7.91. The van der Waals surface area contributed by atoms with Crippen LogP contribution in [0.5, 0.6) is 11.5 Å². The number of phenols is 2. The third-order valence-electron chi connectivity index (χ3n) is 4.42. The van der Waals surface area contributed by atoms with E-state index in [1.807, 2.05) is 12.1 Å². The number of carbonyl (C=O) groups is 1. The molecular formula is C19H20O4. The Kier molecular flexibility index (Phi) is 4.51. The first-order valence-corrected chi connectivity index (χ1v) is 7.91. The van der Waals surface area contributed by atoms with Gasteiger partial charge in [-0.3, -0.25) is 0 Å². The molecule has 120 valence electrons. The van der Waals surface area contributed by atoms with Gasteiger partial charge in [-0.15, -0.1) is 0 Å². The maximum Gasteiger partial charge on any atom is 0.338 e. The highest BCUT2D eigenvalue weighted by molar-refractivity contribution is 5.89. The number of hydrogen-bond donors (Lipinski definition) is 2. The van der Waals surface area contributed by atoms with E-state index in [0.717, 1.165) is 25.7 Å². The molecule has 1 saturated carbocycles. The second kappa shape index (κ2) is 6.73. The van der Waals surface area contributed by atoms with Gasteiger partial charge in [0.05, 0.1) is 5.56 Å². The summed E-state index contributed by atoms with van der Waals surface area (Å²) in [5.74, 6) is 0.540. The Bertz CT molecular complexity index is 653. The van der Waals surface area contributed by atoms with Crippen molar-refractivity contribution in [3.63, 3.8) is 0 Å². The molecule has 4 heteroatoms. The highest BCUT2D eigenvalue weighted by atomic mass is 16.5. The van der Waals surface area contributed by atoms with Crippen LogP contribution >= 0.6 is 0 Å². The van der Waals surface area contributed by atoms with Crippen molar-refractivity contribution in [3.8, 4) is 11.5 Å². The van der Waals surface area contributed by atoms with Crippen molar-refractivity contribution < 1.29 is 19.7 Å². The Morgan fingerprint density at radius 2 is 1.35 bits per heavy atom. The van der Waals surface area contributed by atoms with Crippen LogP contribution in [0.2, 0.25) is 0 Å². The number of benzene rings is 2. The molecule has 3 rings (SSSR count). The quantitative estimate of drug-likeness (QED) is 0.841. The maximum atomic E-state index is 12.1. The lowest BCUT2D eigenvalue weighted by Crippen LogP contribution is -2.23. The summed E-state index contributed by atoms with van der Waals surface area (Å²) >= 11 is 0. The van der Waals surface area contributed by atoms with Crippen LogP contribution in [-0.4, -0.2) is 22.3 Å². The number of hydrogen-bond acceptors (Lipinski definition) is 4. The van der Waals surface area contributed by atoms with Crippen LogP contribution in [0.15, 0.2) is 48.5 Å². The first kappa shape index (κ1) is 15.4. The Balaban J connectivity index is 1.53. The van der Waals surface area contributed by atoms with E-state index in [4.69, 9.17) is 4.74 Å². The van der Waals surface area contributed by atoms with Gasteiger partial charge in [0.15, 0.2) is 0 Å². The van der Waals surface area contributed by atoms with E-state index >= 15 is 0 Å². The molecule has 1 aliphatic rings. The fraction of sp³-hybridized carbons (Fsp3) is 0.316. The average molecular weight is 312 g/mol. The largest absolute Gasteiger partial charge is 0.508 e. The molecule has 2 aromatic rings. The van der Waals surface area contributed by atoms with Gasteiger partial charge in [0, 0.05) is 0 Å². The number of ether oxygens (including phenoxy) is 1. The zero-order valence-corrected chi connectivity index (χ0v) is 12.8. The van der Waals surface area contributed by atoms with E-state index in [1.54, 1.807) is 24.3 Å². The van der Waals surface area contributed by atoms with Crippen molar-refractivity contribution in [1.29, 1.82) is 0 Å². The van der Waals surface area contributed by atoms with Crippen molar-refractivity contribution in [2.45, 2.75) is 37.7 Å². The lowest BCUT2D eigenvalue weighted by atomic mass is 9.83.